The number of ether oxygens (including phenoxy) is 2. The van der Waals surface area contributed by atoms with Gasteiger partial charge in [-0.3, -0.25) is 4.79 Å². The van der Waals surface area contributed by atoms with Crippen LogP contribution >= 0.6 is 12.4 Å². The zero-order valence-corrected chi connectivity index (χ0v) is 14.0. The summed E-state index contributed by atoms with van der Waals surface area (Å²) in [7, 11) is 1.62. The number of halogens is 1. The molecule has 2 N–H and O–H groups in total. The molecule has 6 heteroatoms. The topological polar surface area (TPSA) is 59.6 Å². The van der Waals surface area contributed by atoms with E-state index in [1.807, 2.05) is 25.1 Å². The molecule has 22 heavy (non-hydrogen) atoms. The van der Waals surface area contributed by atoms with E-state index in [4.69, 9.17) is 9.47 Å². The molecular weight excluding hydrogens is 304 g/mol. The van der Waals surface area contributed by atoms with Gasteiger partial charge in [0.05, 0.1) is 13.7 Å². The third-order valence-electron chi connectivity index (χ3n) is 3.70. The maximum Gasteiger partial charge on any atom is 0.223 e. The number of carbonyl (C=O) groups is 1. The van der Waals surface area contributed by atoms with Gasteiger partial charge >= 0.3 is 0 Å². The zero-order chi connectivity index (χ0) is 15.1. The van der Waals surface area contributed by atoms with Gasteiger partial charge in [0.15, 0.2) is 11.5 Å². The minimum atomic E-state index is 0. The largest absolute Gasteiger partial charge is 0.493 e. The standard InChI is InChI=1S/C16H24N2O3.ClH/c1-3-21-14-5-4-12(10-15(14)20-2)11-18-16(19)13-6-8-17-9-7-13;/h4-5,10,13,17H,3,6-9,11H2,1-2H3,(H,18,19);1H. The van der Waals surface area contributed by atoms with Crippen LogP contribution in [0.3, 0.4) is 0 Å². The molecule has 1 aliphatic rings. The predicted molar refractivity (Wildman–Crippen MR) is 88.9 cm³/mol. The molecule has 1 aliphatic heterocycles. The Kier molecular flexibility index (Phi) is 8.06. The number of rotatable bonds is 6. The maximum absolute atomic E-state index is 12.1. The first-order valence-corrected chi connectivity index (χ1v) is 7.52. The number of piperidine rings is 1. The maximum atomic E-state index is 12.1. The minimum absolute atomic E-state index is 0. The number of hydrogen-bond acceptors (Lipinski definition) is 4. The lowest BCUT2D eigenvalue weighted by atomic mass is 9.97. The Bertz CT molecular complexity index is 476. The summed E-state index contributed by atoms with van der Waals surface area (Å²) >= 11 is 0. The van der Waals surface area contributed by atoms with Gasteiger partial charge in [0.2, 0.25) is 5.91 Å². The Balaban J connectivity index is 0.00000242. The van der Waals surface area contributed by atoms with E-state index < -0.39 is 0 Å². The second kappa shape index (κ2) is 9.54. The van der Waals surface area contributed by atoms with Crippen LogP contribution in [0, 0.1) is 5.92 Å². The van der Waals surface area contributed by atoms with Crippen molar-refractivity contribution in [2.45, 2.75) is 26.3 Å². The van der Waals surface area contributed by atoms with Crippen molar-refractivity contribution in [2.75, 3.05) is 26.8 Å². The van der Waals surface area contributed by atoms with Gasteiger partial charge in [-0.05, 0) is 50.6 Å². The lowest BCUT2D eigenvalue weighted by molar-refractivity contribution is -0.125. The summed E-state index contributed by atoms with van der Waals surface area (Å²) in [6, 6.07) is 5.75. The highest BCUT2D eigenvalue weighted by Gasteiger charge is 2.20. The van der Waals surface area contributed by atoms with Crippen LogP contribution in [-0.2, 0) is 11.3 Å². The van der Waals surface area contributed by atoms with E-state index >= 15 is 0 Å². The summed E-state index contributed by atoms with van der Waals surface area (Å²) < 4.78 is 10.8. The number of amides is 1. The smallest absolute Gasteiger partial charge is 0.223 e. The van der Waals surface area contributed by atoms with Gasteiger partial charge in [0, 0.05) is 12.5 Å². The highest BCUT2D eigenvalue weighted by molar-refractivity contribution is 5.85. The number of nitrogens with one attached hydrogen (secondary N) is 2. The number of carbonyl (C=O) groups excluding carboxylic acids is 1. The van der Waals surface area contributed by atoms with E-state index in [-0.39, 0.29) is 24.2 Å². The Morgan fingerprint density at radius 1 is 1.32 bits per heavy atom. The second-order valence-electron chi connectivity index (χ2n) is 5.16. The minimum Gasteiger partial charge on any atom is -0.493 e. The second-order valence-corrected chi connectivity index (χ2v) is 5.16. The molecule has 1 saturated heterocycles. The molecule has 1 heterocycles. The van der Waals surface area contributed by atoms with E-state index in [1.165, 1.54) is 0 Å². The molecule has 0 saturated carbocycles. The van der Waals surface area contributed by atoms with Crippen molar-refractivity contribution < 1.29 is 14.3 Å². The van der Waals surface area contributed by atoms with Gasteiger partial charge in [-0.15, -0.1) is 12.4 Å². The van der Waals surface area contributed by atoms with Crippen molar-refractivity contribution >= 4 is 18.3 Å². The van der Waals surface area contributed by atoms with Crippen LogP contribution in [0.5, 0.6) is 11.5 Å². The van der Waals surface area contributed by atoms with Crippen molar-refractivity contribution in [2.24, 2.45) is 5.92 Å². The van der Waals surface area contributed by atoms with Crippen LogP contribution in [-0.4, -0.2) is 32.7 Å². The summed E-state index contributed by atoms with van der Waals surface area (Å²) in [5, 5.41) is 6.27. The molecule has 2 rings (SSSR count). The van der Waals surface area contributed by atoms with E-state index in [9.17, 15) is 4.79 Å². The molecule has 0 aliphatic carbocycles. The highest BCUT2D eigenvalue weighted by Crippen LogP contribution is 2.28. The van der Waals surface area contributed by atoms with Crippen molar-refractivity contribution in [3.63, 3.8) is 0 Å². The Morgan fingerprint density at radius 2 is 2.05 bits per heavy atom. The summed E-state index contributed by atoms with van der Waals surface area (Å²) in [6.45, 7) is 4.91. The molecule has 0 unspecified atom stereocenters. The number of benzene rings is 1. The van der Waals surface area contributed by atoms with Crippen LogP contribution in [0.2, 0.25) is 0 Å². The molecule has 124 valence electrons. The van der Waals surface area contributed by atoms with E-state index in [0.717, 1.165) is 37.2 Å². The molecule has 1 aromatic rings. The van der Waals surface area contributed by atoms with Crippen molar-refractivity contribution in [1.82, 2.24) is 10.6 Å². The molecule has 1 aromatic carbocycles. The van der Waals surface area contributed by atoms with Crippen molar-refractivity contribution in [3.05, 3.63) is 23.8 Å². The first kappa shape index (κ1) is 18.6. The first-order valence-electron chi connectivity index (χ1n) is 7.52. The van der Waals surface area contributed by atoms with Crippen LogP contribution in [0.15, 0.2) is 18.2 Å². The number of hydrogen-bond donors (Lipinski definition) is 2. The average molecular weight is 329 g/mol. The Morgan fingerprint density at radius 3 is 2.68 bits per heavy atom. The molecule has 0 spiro atoms. The summed E-state index contributed by atoms with van der Waals surface area (Å²) in [5.74, 6) is 1.71. The highest BCUT2D eigenvalue weighted by atomic mass is 35.5. The van der Waals surface area contributed by atoms with Crippen molar-refractivity contribution in [3.8, 4) is 11.5 Å². The van der Waals surface area contributed by atoms with Crippen LogP contribution < -0.4 is 20.1 Å². The summed E-state index contributed by atoms with van der Waals surface area (Å²) in [5.41, 5.74) is 1.01. The monoisotopic (exact) mass is 328 g/mol. The normalized spacial score (nSPS) is 14.8. The number of methoxy groups -OCH3 is 1. The van der Waals surface area contributed by atoms with Gasteiger partial charge in [0.1, 0.15) is 0 Å². The molecule has 0 bridgehead atoms. The molecule has 1 fully saturated rings. The predicted octanol–water partition coefficient (Wildman–Crippen LogP) is 2.13. The van der Waals surface area contributed by atoms with Gasteiger partial charge < -0.3 is 20.1 Å². The van der Waals surface area contributed by atoms with E-state index in [2.05, 4.69) is 10.6 Å². The third-order valence-corrected chi connectivity index (χ3v) is 3.70. The SMILES string of the molecule is CCOc1ccc(CNC(=O)C2CCNCC2)cc1OC.Cl. The van der Waals surface area contributed by atoms with Crippen LogP contribution in [0.25, 0.3) is 0 Å². The molecular formula is C16H25ClN2O3. The van der Waals surface area contributed by atoms with Gasteiger partial charge in [0.25, 0.3) is 0 Å². The zero-order valence-electron chi connectivity index (χ0n) is 13.2. The van der Waals surface area contributed by atoms with E-state index in [0.29, 0.717) is 18.9 Å². The molecule has 0 atom stereocenters. The van der Waals surface area contributed by atoms with Gasteiger partial charge in [-0.2, -0.15) is 0 Å². The first-order chi connectivity index (χ1) is 10.2. The molecule has 5 nitrogen and oxygen atoms in total. The fraction of sp³-hybridized carbons (Fsp3) is 0.562. The lowest BCUT2D eigenvalue weighted by Gasteiger charge is -2.21. The van der Waals surface area contributed by atoms with Gasteiger partial charge in [-0.1, -0.05) is 6.07 Å². The quantitative estimate of drug-likeness (QED) is 0.840. The van der Waals surface area contributed by atoms with Gasteiger partial charge in [-0.25, -0.2) is 0 Å². The Labute approximate surface area is 138 Å². The van der Waals surface area contributed by atoms with Crippen LogP contribution in [0.4, 0.5) is 0 Å². The molecule has 1 amide bonds. The fourth-order valence-electron chi connectivity index (χ4n) is 2.51. The average Bonchev–Trinajstić information content (AvgIpc) is 2.54. The summed E-state index contributed by atoms with van der Waals surface area (Å²) in [6.07, 6.45) is 1.83. The fourth-order valence-corrected chi connectivity index (χ4v) is 2.51. The molecule has 0 radical (unpaired) electrons. The van der Waals surface area contributed by atoms with E-state index in [1.54, 1.807) is 7.11 Å². The Hall–Kier alpha value is -1.46. The lowest BCUT2D eigenvalue weighted by Crippen LogP contribution is -2.37. The third kappa shape index (κ3) is 5.07. The molecule has 0 aromatic heterocycles. The van der Waals surface area contributed by atoms with Crippen molar-refractivity contribution in [1.29, 1.82) is 0 Å². The summed E-state index contributed by atoms with van der Waals surface area (Å²) in [4.78, 5) is 12.1. The van der Waals surface area contributed by atoms with Crippen LogP contribution in [0.1, 0.15) is 25.3 Å².